The van der Waals surface area contributed by atoms with Gasteiger partial charge in [-0.05, 0) is 11.5 Å². The van der Waals surface area contributed by atoms with E-state index in [1.54, 1.807) is 7.05 Å². The van der Waals surface area contributed by atoms with Crippen LogP contribution in [0.2, 0.25) is 0 Å². The summed E-state index contributed by atoms with van der Waals surface area (Å²) in [5.74, 6) is 0.514. The van der Waals surface area contributed by atoms with Gasteiger partial charge >= 0.3 is 0 Å². The number of nitrogens with one attached hydrogen (secondary N) is 2. The minimum atomic E-state index is -0.420. The lowest BCUT2D eigenvalue weighted by Crippen LogP contribution is -2.36. The molecule has 1 aromatic rings. The summed E-state index contributed by atoms with van der Waals surface area (Å²) < 4.78 is 5.50. The molecule has 118 valence electrons. The van der Waals surface area contributed by atoms with E-state index < -0.39 is 6.10 Å². The Hall–Kier alpha value is -1.59. The quantitative estimate of drug-likeness (QED) is 0.709. The molecule has 1 unspecified atom stereocenters. The number of rotatable bonds is 7. The molecule has 0 fully saturated rings. The van der Waals surface area contributed by atoms with Gasteiger partial charge in [-0.25, -0.2) is 0 Å². The van der Waals surface area contributed by atoms with Crippen LogP contribution in [0.5, 0.6) is 5.75 Å². The van der Waals surface area contributed by atoms with Crippen molar-refractivity contribution in [3.8, 4) is 5.75 Å². The van der Waals surface area contributed by atoms with Gasteiger partial charge in [-0.1, -0.05) is 39.0 Å². The van der Waals surface area contributed by atoms with E-state index in [0.29, 0.717) is 18.8 Å². The second-order valence-corrected chi connectivity index (χ2v) is 6.08. The van der Waals surface area contributed by atoms with Crippen LogP contribution >= 0.6 is 0 Å². The summed E-state index contributed by atoms with van der Waals surface area (Å²) in [7, 11) is 1.58. The Labute approximate surface area is 126 Å². The molecule has 0 saturated heterocycles. The maximum atomic E-state index is 11.2. The van der Waals surface area contributed by atoms with Crippen LogP contribution in [0.4, 0.5) is 0 Å². The zero-order valence-electron chi connectivity index (χ0n) is 13.3. The molecule has 5 heteroatoms. The molecule has 1 amide bonds. The van der Waals surface area contributed by atoms with Crippen molar-refractivity contribution in [2.24, 2.45) is 5.41 Å². The van der Waals surface area contributed by atoms with Gasteiger partial charge in [0.05, 0.1) is 6.10 Å². The zero-order chi connectivity index (χ0) is 15.9. The minimum Gasteiger partial charge on any atom is -0.483 e. The van der Waals surface area contributed by atoms with Gasteiger partial charge in [-0.3, -0.25) is 4.79 Å². The number of ether oxygens (including phenoxy) is 1. The highest BCUT2D eigenvalue weighted by Crippen LogP contribution is 2.20. The van der Waals surface area contributed by atoms with Crippen molar-refractivity contribution in [3.05, 3.63) is 29.8 Å². The van der Waals surface area contributed by atoms with Gasteiger partial charge in [0.25, 0.3) is 5.91 Å². The number of para-hydroxylation sites is 1. The summed E-state index contributed by atoms with van der Waals surface area (Å²) in [6.45, 7) is 7.09. The van der Waals surface area contributed by atoms with Crippen molar-refractivity contribution in [2.45, 2.75) is 33.4 Å². The number of benzene rings is 1. The van der Waals surface area contributed by atoms with Crippen molar-refractivity contribution < 1.29 is 14.6 Å². The molecule has 0 bridgehead atoms. The Balaban J connectivity index is 2.53. The Morgan fingerprint density at radius 2 is 2.00 bits per heavy atom. The Bertz CT molecular complexity index is 455. The van der Waals surface area contributed by atoms with Gasteiger partial charge in [-0.2, -0.15) is 0 Å². The molecule has 1 aromatic carbocycles. The van der Waals surface area contributed by atoms with Gasteiger partial charge in [0.2, 0.25) is 0 Å². The molecule has 5 nitrogen and oxygen atoms in total. The largest absolute Gasteiger partial charge is 0.483 e. The highest BCUT2D eigenvalue weighted by atomic mass is 16.5. The summed E-state index contributed by atoms with van der Waals surface area (Å²) in [6.07, 6.45) is -0.420. The molecular formula is C16H26N2O3. The van der Waals surface area contributed by atoms with Gasteiger partial charge in [-0.15, -0.1) is 0 Å². The number of aliphatic hydroxyl groups excluding tert-OH is 1. The zero-order valence-corrected chi connectivity index (χ0v) is 13.3. The van der Waals surface area contributed by atoms with E-state index in [-0.39, 0.29) is 17.9 Å². The van der Waals surface area contributed by atoms with Crippen LogP contribution in [0.3, 0.4) is 0 Å². The number of hydrogen-bond acceptors (Lipinski definition) is 4. The van der Waals surface area contributed by atoms with Crippen molar-refractivity contribution in [2.75, 3.05) is 20.2 Å². The van der Waals surface area contributed by atoms with Crippen LogP contribution in [-0.2, 0) is 11.3 Å². The summed E-state index contributed by atoms with van der Waals surface area (Å²) in [4.78, 5) is 11.2. The van der Waals surface area contributed by atoms with Crippen molar-refractivity contribution >= 4 is 5.91 Å². The van der Waals surface area contributed by atoms with Crippen LogP contribution in [0.25, 0.3) is 0 Å². The minimum absolute atomic E-state index is 0.00186. The van der Waals surface area contributed by atoms with Gasteiger partial charge in [0, 0.05) is 25.7 Å². The maximum absolute atomic E-state index is 11.2. The number of amides is 1. The van der Waals surface area contributed by atoms with E-state index in [9.17, 15) is 9.90 Å². The molecular weight excluding hydrogens is 268 g/mol. The first-order chi connectivity index (χ1) is 9.84. The highest BCUT2D eigenvalue weighted by molar-refractivity contribution is 5.77. The van der Waals surface area contributed by atoms with E-state index in [0.717, 1.165) is 5.56 Å². The van der Waals surface area contributed by atoms with Crippen LogP contribution in [0.1, 0.15) is 26.3 Å². The summed E-state index contributed by atoms with van der Waals surface area (Å²) in [6, 6.07) is 7.56. The first kappa shape index (κ1) is 17.5. The van der Waals surface area contributed by atoms with Crippen LogP contribution in [0.15, 0.2) is 24.3 Å². The van der Waals surface area contributed by atoms with Gasteiger partial charge in [0.1, 0.15) is 5.75 Å². The average molecular weight is 294 g/mol. The number of carbonyl (C=O) groups excluding carboxylic acids is 1. The SMILES string of the molecule is CNC(=O)COc1ccccc1CNCC(O)C(C)(C)C. The van der Waals surface area contributed by atoms with Gasteiger partial charge < -0.3 is 20.5 Å². The molecule has 21 heavy (non-hydrogen) atoms. The van der Waals surface area contributed by atoms with Gasteiger partial charge in [0.15, 0.2) is 6.61 Å². The number of aliphatic hydroxyl groups is 1. The predicted molar refractivity (Wildman–Crippen MR) is 83.2 cm³/mol. The first-order valence-corrected chi connectivity index (χ1v) is 7.14. The lowest BCUT2D eigenvalue weighted by atomic mass is 9.89. The van der Waals surface area contributed by atoms with Crippen molar-refractivity contribution in [1.82, 2.24) is 10.6 Å². The molecule has 0 aliphatic rings. The molecule has 0 heterocycles. The van der Waals surface area contributed by atoms with E-state index in [1.807, 2.05) is 45.0 Å². The molecule has 1 atom stereocenters. The molecule has 0 saturated carbocycles. The number of carbonyl (C=O) groups is 1. The molecule has 0 aliphatic carbocycles. The fraction of sp³-hybridized carbons (Fsp3) is 0.562. The fourth-order valence-corrected chi connectivity index (χ4v) is 1.66. The Morgan fingerprint density at radius 1 is 1.33 bits per heavy atom. The molecule has 0 spiro atoms. The number of hydrogen-bond donors (Lipinski definition) is 3. The Kier molecular flexibility index (Phi) is 6.65. The third-order valence-electron chi connectivity index (χ3n) is 3.26. The Morgan fingerprint density at radius 3 is 2.62 bits per heavy atom. The summed E-state index contributed by atoms with van der Waals surface area (Å²) >= 11 is 0. The van der Waals surface area contributed by atoms with Crippen LogP contribution in [-0.4, -0.2) is 37.3 Å². The van der Waals surface area contributed by atoms with E-state index >= 15 is 0 Å². The maximum Gasteiger partial charge on any atom is 0.257 e. The monoisotopic (exact) mass is 294 g/mol. The first-order valence-electron chi connectivity index (χ1n) is 7.14. The van der Waals surface area contributed by atoms with Crippen molar-refractivity contribution in [3.63, 3.8) is 0 Å². The fourth-order valence-electron chi connectivity index (χ4n) is 1.66. The second-order valence-electron chi connectivity index (χ2n) is 6.08. The average Bonchev–Trinajstić information content (AvgIpc) is 2.44. The predicted octanol–water partition coefficient (Wildman–Crippen LogP) is 1.31. The van der Waals surface area contributed by atoms with Crippen LogP contribution in [0, 0.1) is 5.41 Å². The molecule has 0 aliphatic heterocycles. The normalized spacial score (nSPS) is 12.8. The van der Waals surface area contributed by atoms with Crippen molar-refractivity contribution in [1.29, 1.82) is 0 Å². The lowest BCUT2D eigenvalue weighted by Gasteiger charge is -2.26. The molecule has 0 radical (unpaired) electrons. The molecule has 1 rings (SSSR count). The van der Waals surface area contributed by atoms with E-state index in [1.165, 1.54) is 0 Å². The second kappa shape index (κ2) is 8.00. The highest BCUT2D eigenvalue weighted by Gasteiger charge is 2.21. The van der Waals surface area contributed by atoms with E-state index in [2.05, 4.69) is 10.6 Å². The third kappa shape index (κ3) is 6.14. The standard InChI is InChI=1S/C16H26N2O3/c1-16(2,3)14(19)10-18-9-12-7-5-6-8-13(12)21-11-15(20)17-4/h5-8,14,18-19H,9-11H2,1-4H3,(H,17,20). The third-order valence-corrected chi connectivity index (χ3v) is 3.26. The summed E-state index contributed by atoms with van der Waals surface area (Å²) in [5.41, 5.74) is 0.810. The smallest absolute Gasteiger partial charge is 0.257 e. The van der Waals surface area contributed by atoms with E-state index in [4.69, 9.17) is 4.74 Å². The number of likely N-dealkylation sites (N-methyl/N-ethyl adjacent to an activating group) is 1. The topological polar surface area (TPSA) is 70.6 Å². The molecule has 3 N–H and O–H groups in total. The molecule has 0 aromatic heterocycles. The summed E-state index contributed by atoms with van der Waals surface area (Å²) in [5, 5.41) is 15.7. The van der Waals surface area contributed by atoms with Crippen LogP contribution < -0.4 is 15.4 Å². The lowest BCUT2D eigenvalue weighted by molar-refractivity contribution is -0.122.